The molecule has 44 heavy (non-hydrogen) atoms. The van der Waals surface area contributed by atoms with Gasteiger partial charge in [0.2, 0.25) is 0 Å². The lowest BCUT2D eigenvalue weighted by atomic mass is 9.89. The van der Waals surface area contributed by atoms with Crippen LogP contribution in [-0.4, -0.2) is 6.54 Å². The molecule has 8 aromatic carbocycles. The average molecular weight is 563 g/mol. The van der Waals surface area contributed by atoms with Gasteiger partial charge in [-0.05, 0) is 98.6 Å². The van der Waals surface area contributed by atoms with Gasteiger partial charge in [-0.25, -0.2) is 0 Å². The van der Waals surface area contributed by atoms with Gasteiger partial charge in [0.25, 0.3) is 0 Å². The van der Waals surface area contributed by atoms with Crippen LogP contribution >= 0.6 is 0 Å². The van der Waals surface area contributed by atoms with E-state index in [-0.39, 0.29) is 0 Å². The molecule has 1 aliphatic heterocycles. The molecule has 0 atom stereocenters. The summed E-state index contributed by atoms with van der Waals surface area (Å²) in [5, 5.41) is 7.74. The van der Waals surface area contributed by atoms with E-state index in [0.717, 1.165) is 24.3 Å². The van der Waals surface area contributed by atoms with Crippen LogP contribution in [0.3, 0.4) is 0 Å². The minimum absolute atomic E-state index is 1.03. The SMILES string of the molecule is c1ccc(N(c2ccccc2)c2ccc3ccc4c(-c5ccc(N6CCc7ccccc76)cc5)ccc5ccc2c3c54)cc1. The van der Waals surface area contributed by atoms with Gasteiger partial charge in [-0.1, -0.05) is 109 Å². The molecule has 0 fully saturated rings. The Kier molecular flexibility index (Phi) is 5.67. The predicted octanol–water partition coefficient (Wildman–Crippen LogP) is 11.4. The van der Waals surface area contributed by atoms with Crippen molar-refractivity contribution in [2.24, 2.45) is 0 Å². The fourth-order valence-electron chi connectivity index (χ4n) is 7.24. The van der Waals surface area contributed by atoms with Gasteiger partial charge in [0.15, 0.2) is 0 Å². The highest BCUT2D eigenvalue weighted by molar-refractivity contribution is 6.27. The molecule has 2 nitrogen and oxygen atoms in total. The molecule has 0 radical (unpaired) electrons. The third-order valence-corrected chi connectivity index (χ3v) is 9.29. The summed E-state index contributed by atoms with van der Waals surface area (Å²) in [6, 6.07) is 57.6. The van der Waals surface area contributed by atoms with Gasteiger partial charge in [0.05, 0.1) is 5.69 Å². The molecule has 0 unspecified atom stereocenters. The van der Waals surface area contributed by atoms with Gasteiger partial charge >= 0.3 is 0 Å². The molecule has 1 heterocycles. The van der Waals surface area contributed by atoms with Crippen molar-refractivity contribution in [1.82, 2.24) is 0 Å². The summed E-state index contributed by atoms with van der Waals surface area (Å²) in [4.78, 5) is 4.82. The molecule has 0 saturated heterocycles. The van der Waals surface area contributed by atoms with Gasteiger partial charge in [-0.15, -0.1) is 0 Å². The minimum atomic E-state index is 1.03. The summed E-state index contributed by atoms with van der Waals surface area (Å²) in [7, 11) is 0. The van der Waals surface area contributed by atoms with Gasteiger partial charge in [0.1, 0.15) is 0 Å². The van der Waals surface area contributed by atoms with E-state index in [1.165, 1.54) is 66.1 Å². The van der Waals surface area contributed by atoms with Crippen molar-refractivity contribution in [1.29, 1.82) is 0 Å². The maximum Gasteiger partial charge on any atom is 0.0540 e. The van der Waals surface area contributed by atoms with Crippen LogP contribution in [0.25, 0.3) is 43.4 Å². The van der Waals surface area contributed by atoms with Crippen LogP contribution in [0.5, 0.6) is 0 Å². The highest BCUT2D eigenvalue weighted by Crippen LogP contribution is 2.45. The lowest BCUT2D eigenvalue weighted by Gasteiger charge is -2.27. The van der Waals surface area contributed by atoms with Crippen LogP contribution in [0.2, 0.25) is 0 Å². The van der Waals surface area contributed by atoms with E-state index < -0.39 is 0 Å². The molecule has 0 saturated carbocycles. The molecule has 0 aromatic heterocycles. The van der Waals surface area contributed by atoms with Crippen molar-refractivity contribution in [2.75, 3.05) is 16.3 Å². The minimum Gasteiger partial charge on any atom is -0.341 e. The average Bonchev–Trinajstić information content (AvgIpc) is 3.53. The number of hydrogen-bond acceptors (Lipinski definition) is 2. The first-order chi connectivity index (χ1) is 21.8. The number of nitrogens with zero attached hydrogens (tertiary/aromatic N) is 2. The van der Waals surface area contributed by atoms with Crippen molar-refractivity contribution in [3.63, 3.8) is 0 Å². The molecule has 2 heteroatoms. The number of para-hydroxylation sites is 3. The van der Waals surface area contributed by atoms with Crippen LogP contribution in [0.1, 0.15) is 5.56 Å². The number of fused-ring (bicyclic) bond motifs is 1. The summed E-state index contributed by atoms with van der Waals surface area (Å²) >= 11 is 0. The topological polar surface area (TPSA) is 6.48 Å². The first kappa shape index (κ1) is 24.9. The zero-order valence-corrected chi connectivity index (χ0v) is 24.3. The Morgan fingerprint density at radius 3 is 1.80 bits per heavy atom. The Morgan fingerprint density at radius 1 is 0.477 bits per heavy atom. The number of hydrogen-bond donors (Lipinski definition) is 0. The fourth-order valence-corrected chi connectivity index (χ4v) is 7.24. The van der Waals surface area contributed by atoms with Crippen LogP contribution in [0.4, 0.5) is 28.4 Å². The van der Waals surface area contributed by atoms with Crippen LogP contribution in [-0.2, 0) is 6.42 Å². The second-order valence-corrected chi connectivity index (χ2v) is 11.7. The fraction of sp³-hybridized carbons (Fsp3) is 0.0476. The predicted molar refractivity (Wildman–Crippen MR) is 187 cm³/mol. The molecular formula is C42H30N2. The Morgan fingerprint density at radius 2 is 1.07 bits per heavy atom. The third kappa shape index (κ3) is 3.88. The smallest absolute Gasteiger partial charge is 0.0540 e. The summed E-state index contributed by atoms with van der Waals surface area (Å²) in [5.74, 6) is 0. The lowest BCUT2D eigenvalue weighted by molar-refractivity contribution is 0.998. The van der Waals surface area contributed by atoms with Crippen molar-refractivity contribution in [3.05, 3.63) is 163 Å². The summed E-state index contributed by atoms with van der Waals surface area (Å²) in [6.07, 6.45) is 1.10. The zero-order valence-electron chi connectivity index (χ0n) is 24.3. The van der Waals surface area contributed by atoms with E-state index in [1.807, 2.05) is 0 Å². The Bertz CT molecular complexity index is 2230. The van der Waals surface area contributed by atoms with Crippen molar-refractivity contribution < 1.29 is 0 Å². The Labute approximate surface area is 257 Å². The molecule has 0 aliphatic carbocycles. The lowest BCUT2D eigenvalue weighted by Crippen LogP contribution is -2.12. The number of rotatable bonds is 5. The molecule has 0 N–H and O–H groups in total. The summed E-state index contributed by atoms with van der Waals surface area (Å²) < 4.78 is 0. The Balaban J connectivity index is 1.20. The van der Waals surface area contributed by atoms with Gasteiger partial charge < -0.3 is 9.80 Å². The molecule has 0 spiro atoms. The second-order valence-electron chi connectivity index (χ2n) is 11.7. The molecular weight excluding hydrogens is 532 g/mol. The van der Waals surface area contributed by atoms with E-state index >= 15 is 0 Å². The van der Waals surface area contributed by atoms with E-state index in [2.05, 4.69) is 168 Å². The Hall–Kier alpha value is -5.60. The van der Waals surface area contributed by atoms with E-state index in [1.54, 1.807) is 0 Å². The largest absolute Gasteiger partial charge is 0.341 e. The van der Waals surface area contributed by atoms with Crippen LogP contribution in [0, 0.1) is 0 Å². The molecule has 8 aromatic rings. The van der Waals surface area contributed by atoms with Gasteiger partial charge in [0, 0.05) is 34.7 Å². The van der Waals surface area contributed by atoms with E-state index in [4.69, 9.17) is 0 Å². The molecule has 0 amide bonds. The van der Waals surface area contributed by atoms with Gasteiger partial charge in [-0.3, -0.25) is 0 Å². The second kappa shape index (κ2) is 10.00. The molecule has 0 bridgehead atoms. The number of anilines is 5. The van der Waals surface area contributed by atoms with Crippen LogP contribution in [0.15, 0.2) is 158 Å². The van der Waals surface area contributed by atoms with Crippen molar-refractivity contribution in [3.8, 4) is 11.1 Å². The van der Waals surface area contributed by atoms with Crippen LogP contribution < -0.4 is 9.80 Å². The maximum absolute atomic E-state index is 2.44. The van der Waals surface area contributed by atoms with E-state index in [0.29, 0.717) is 0 Å². The first-order valence-electron chi connectivity index (χ1n) is 15.4. The first-order valence-corrected chi connectivity index (χ1v) is 15.4. The molecule has 9 rings (SSSR count). The van der Waals surface area contributed by atoms with E-state index in [9.17, 15) is 0 Å². The number of benzene rings is 8. The highest BCUT2D eigenvalue weighted by Gasteiger charge is 2.21. The maximum atomic E-state index is 2.44. The molecule has 1 aliphatic rings. The third-order valence-electron chi connectivity index (χ3n) is 9.29. The standard InChI is InChI=1S/C42H30N2/c1-3-10-34(11-4-1)44(35-12-5-2-6-13-35)40-26-20-32-18-24-37-36(23-17-31-19-25-38(40)42(32)41(31)37)29-15-21-33(22-16-29)43-28-27-30-9-7-8-14-39(30)43/h1-26H,27-28H2. The van der Waals surface area contributed by atoms with Crippen molar-refractivity contribution >= 4 is 60.8 Å². The van der Waals surface area contributed by atoms with Gasteiger partial charge in [-0.2, -0.15) is 0 Å². The normalized spacial score (nSPS) is 12.8. The highest BCUT2D eigenvalue weighted by atomic mass is 15.2. The zero-order chi connectivity index (χ0) is 29.0. The summed E-state index contributed by atoms with van der Waals surface area (Å²) in [6.45, 7) is 1.03. The quantitative estimate of drug-likeness (QED) is 0.193. The monoisotopic (exact) mass is 562 g/mol. The molecule has 208 valence electrons. The summed E-state index contributed by atoms with van der Waals surface area (Å²) in [5.41, 5.74) is 10.0. The van der Waals surface area contributed by atoms with Crippen molar-refractivity contribution in [2.45, 2.75) is 6.42 Å².